The van der Waals surface area contributed by atoms with Gasteiger partial charge in [-0.3, -0.25) is 0 Å². The Hall–Kier alpha value is -1.70. The van der Waals surface area contributed by atoms with Gasteiger partial charge in [-0.15, -0.1) is 0 Å². The molecule has 1 fully saturated rings. The van der Waals surface area contributed by atoms with Gasteiger partial charge in [0.25, 0.3) is 0 Å². The van der Waals surface area contributed by atoms with E-state index in [0.717, 1.165) is 17.8 Å². The van der Waals surface area contributed by atoms with Crippen LogP contribution in [0.3, 0.4) is 0 Å². The minimum absolute atomic E-state index is 0.298. The smallest absolute Gasteiger partial charge is 0.134 e. The largest absolute Gasteiger partial charge is 0.497 e. The monoisotopic (exact) mass is 310 g/mol. The number of ether oxygens (including phenoxy) is 1. The van der Waals surface area contributed by atoms with Crippen LogP contribution in [0.1, 0.15) is 69.6 Å². The first kappa shape index (κ1) is 14.9. The summed E-state index contributed by atoms with van der Waals surface area (Å²) in [5.74, 6) is 3.06. The molecule has 2 heteroatoms. The number of benzene rings is 1. The van der Waals surface area contributed by atoms with Gasteiger partial charge in [0, 0.05) is 22.8 Å². The van der Waals surface area contributed by atoms with Gasteiger partial charge in [-0.2, -0.15) is 0 Å². The second-order valence-corrected chi connectivity index (χ2v) is 7.87. The molecular weight excluding hydrogens is 284 g/mol. The van der Waals surface area contributed by atoms with Gasteiger partial charge in [-0.25, -0.2) is 0 Å². The average molecular weight is 310 g/mol. The van der Waals surface area contributed by atoms with E-state index in [0.29, 0.717) is 17.3 Å². The molecule has 0 bridgehead atoms. The molecular formula is C21H26O2. The fourth-order valence-electron chi connectivity index (χ4n) is 4.62. The van der Waals surface area contributed by atoms with Crippen molar-refractivity contribution in [2.45, 2.75) is 58.3 Å². The Balaban J connectivity index is 1.97. The number of methoxy groups -OCH3 is 1. The molecule has 2 aliphatic carbocycles. The summed E-state index contributed by atoms with van der Waals surface area (Å²) in [5, 5.41) is 1.25. The van der Waals surface area contributed by atoms with Crippen LogP contribution in [0, 0.1) is 5.41 Å². The zero-order chi connectivity index (χ0) is 16.2. The minimum atomic E-state index is 0.298. The van der Waals surface area contributed by atoms with Crippen LogP contribution in [0.4, 0.5) is 0 Å². The lowest BCUT2D eigenvalue weighted by Gasteiger charge is -2.38. The Kier molecular flexibility index (Phi) is 3.33. The van der Waals surface area contributed by atoms with Gasteiger partial charge >= 0.3 is 0 Å². The van der Waals surface area contributed by atoms with Crippen molar-refractivity contribution >= 4 is 11.0 Å². The molecule has 0 saturated heterocycles. The van der Waals surface area contributed by atoms with Crippen molar-refractivity contribution in [1.29, 1.82) is 0 Å². The maximum atomic E-state index is 6.31. The van der Waals surface area contributed by atoms with Crippen molar-refractivity contribution in [3.05, 3.63) is 41.2 Å². The summed E-state index contributed by atoms with van der Waals surface area (Å²) in [6.07, 6.45) is 7.41. The average Bonchev–Trinajstić information content (AvgIpc) is 2.84. The molecule has 0 aliphatic heterocycles. The highest BCUT2D eigenvalue weighted by molar-refractivity contribution is 5.85. The highest BCUT2D eigenvalue weighted by atomic mass is 16.5. The molecule has 4 rings (SSSR count). The Morgan fingerprint density at radius 1 is 1.26 bits per heavy atom. The summed E-state index contributed by atoms with van der Waals surface area (Å²) >= 11 is 0. The van der Waals surface area contributed by atoms with E-state index in [9.17, 15) is 0 Å². The van der Waals surface area contributed by atoms with Crippen LogP contribution in [0.5, 0.6) is 5.75 Å². The van der Waals surface area contributed by atoms with E-state index in [4.69, 9.17) is 9.15 Å². The first-order valence-corrected chi connectivity index (χ1v) is 8.82. The number of furan rings is 1. The maximum Gasteiger partial charge on any atom is 0.134 e. The van der Waals surface area contributed by atoms with Gasteiger partial charge < -0.3 is 9.15 Å². The van der Waals surface area contributed by atoms with E-state index in [1.165, 1.54) is 36.0 Å². The van der Waals surface area contributed by atoms with Crippen molar-refractivity contribution < 1.29 is 9.15 Å². The third-order valence-corrected chi connectivity index (χ3v) is 5.90. The summed E-state index contributed by atoms with van der Waals surface area (Å²) in [5.41, 5.74) is 4.36. The maximum absolute atomic E-state index is 6.31. The predicted molar refractivity (Wildman–Crippen MR) is 94.3 cm³/mol. The first-order chi connectivity index (χ1) is 11.0. The van der Waals surface area contributed by atoms with E-state index < -0.39 is 0 Å². The van der Waals surface area contributed by atoms with Gasteiger partial charge in [0.2, 0.25) is 0 Å². The van der Waals surface area contributed by atoms with Gasteiger partial charge in [0.1, 0.15) is 17.1 Å². The van der Waals surface area contributed by atoms with E-state index >= 15 is 0 Å². The van der Waals surface area contributed by atoms with Gasteiger partial charge in [0.05, 0.1) is 7.11 Å². The van der Waals surface area contributed by atoms with Gasteiger partial charge in [0.15, 0.2) is 0 Å². The standard InChI is InChI=1S/C21H26O2/c1-13-7-9-17-15(6-5-11-21(17,2)3)19-16-12-14(22-4)8-10-18(16)23-20(13)19/h8-10,12-13,15H,5-7,11H2,1-4H3. The SMILES string of the molecule is COc1ccc2oc3c(c2c1)C1CCCC(C)(C)C1=CCC3C. The van der Waals surface area contributed by atoms with Crippen LogP contribution in [-0.2, 0) is 0 Å². The summed E-state index contributed by atoms with van der Waals surface area (Å²) in [7, 11) is 1.73. The van der Waals surface area contributed by atoms with Gasteiger partial charge in [-0.05, 0) is 42.9 Å². The molecule has 2 aromatic rings. The number of fused-ring (bicyclic) bond motifs is 5. The van der Waals surface area contributed by atoms with E-state index in [1.807, 2.05) is 6.07 Å². The molecule has 2 unspecified atom stereocenters. The van der Waals surface area contributed by atoms with Crippen LogP contribution in [0.2, 0.25) is 0 Å². The Morgan fingerprint density at radius 2 is 2.09 bits per heavy atom. The lowest BCUT2D eigenvalue weighted by Crippen LogP contribution is -2.25. The lowest BCUT2D eigenvalue weighted by atomic mass is 9.66. The molecule has 23 heavy (non-hydrogen) atoms. The molecule has 2 nitrogen and oxygen atoms in total. The topological polar surface area (TPSA) is 22.4 Å². The third kappa shape index (κ3) is 2.22. The number of rotatable bonds is 1. The molecule has 0 spiro atoms. The highest BCUT2D eigenvalue weighted by Crippen LogP contribution is 2.54. The quantitative estimate of drug-likeness (QED) is 0.588. The Bertz CT molecular complexity index is 778. The van der Waals surface area contributed by atoms with Crippen molar-refractivity contribution in [2.75, 3.05) is 7.11 Å². The van der Waals surface area contributed by atoms with Crippen LogP contribution in [0.25, 0.3) is 11.0 Å². The van der Waals surface area contributed by atoms with E-state index in [1.54, 1.807) is 12.7 Å². The lowest BCUT2D eigenvalue weighted by molar-refractivity contribution is 0.314. The molecule has 122 valence electrons. The third-order valence-electron chi connectivity index (χ3n) is 5.90. The predicted octanol–water partition coefficient (Wildman–Crippen LogP) is 6.17. The van der Waals surface area contributed by atoms with E-state index in [-0.39, 0.29) is 0 Å². The second-order valence-electron chi connectivity index (χ2n) is 7.87. The fraction of sp³-hybridized carbons (Fsp3) is 0.524. The van der Waals surface area contributed by atoms with Crippen molar-refractivity contribution in [3.63, 3.8) is 0 Å². The summed E-state index contributed by atoms with van der Waals surface area (Å²) in [6.45, 7) is 7.10. The van der Waals surface area contributed by atoms with Crippen LogP contribution >= 0.6 is 0 Å². The molecule has 1 saturated carbocycles. The zero-order valence-electron chi connectivity index (χ0n) is 14.6. The fourth-order valence-corrected chi connectivity index (χ4v) is 4.62. The molecule has 2 aliphatic rings. The van der Waals surface area contributed by atoms with Crippen LogP contribution < -0.4 is 4.74 Å². The molecule has 1 aromatic carbocycles. The second kappa shape index (κ2) is 5.15. The molecule has 1 heterocycles. The Labute approximate surface area is 138 Å². The number of allylic oxidation sites excluding steroid dienone is 2. The van der Waals surface area contributed by atoms with Crippen molar-refractivity contribution in [3.8, 4) is 5.75 Å². The Morgan fingerprint density at radius 3 is 2.87 bits per heavy atom. The van der Waals surface area contributed by atoms with Crippen molar-refractivity contribution in [1.82, 2.24) is 0 Å². The van der Waals surface area contributed by atoms with Crippen molar-refractivity contribution in [2.24, 2.45) is 5.41 Å². The summed E-state index contributed by atoms with van der Waals surface area (Å²) < 4.78 is 11.8. The van der Waals surface area contributed by atoms with Gasteiger partial charge in [-0.1, -0.05) is 38.8 Å². The molecule has 2 atom stereocenters. The summed E-state index contributed by atoms with van der Waals surface area (Å²) in [6, 6.07) is 6.22. The number of hydrogen-bond acceptors (Lipinski definition) is 2. The van der Waals surface area contributed by atoms with E-state index in [2.05, 4.69) is 39.0 Å². The molecule has 0 N–H and O–H groups in total. The van der Waals surface area contributed by atoms with Crippen LogP contribution in [-0.4, -0.2) is 7.11 Å². The number of hydrogen-bond donors (Lipinski definition) is 0. The summed E-state index contributed by atoms with van der Waals surface area (Å²) in [4.78, 5) is 0. The molecule has 1 aromatic heterocycles. The first-order valence-electron chi connectivity index (χ1n) is 8.82. The molecule has 0 radical (unpaired) electrons. The minimum Gasteiger partial charge on any atom is -0.497 e. The zero-order valence-corrected chi connectivity index (χ0v) is 14.6. The molecule has 0 amide bonds. The normalized spacial score (nSPS) is 26.2. The highest BCUT2D eigenvalue weighted by Gasteiger charge is 2.39. The van der Waals surface area contributed by atoms with Crippen LogP contribution in [0.15, 0.2) is 34.3 Å².